The fourth-order valence-corrected chi connectivity index (χ4v) is 1.09. The average Bonchev–Trinajstić information content (AvgIpc) is 2.52. The Hall–Kier alpha value is -0.370. The van der Waals surface area contributed by atoms with Crippen LogP contribution in [0.5, 0.6) is 0 Å². The zero-order valence-electron chi connectivity index (χ0n) is 7.51. The van der Waals surface area contributed by atoms with Crippen LogP contribution in [0, 0.1) is 0 Å². The van der Waals surface area contributed by atoms with Crippen LogP contribution in [-0.4, -0.2) is 44.8 Å². The molecule has 1 saturated heterocycles. The van der Waals surface area contributed by atoms with Gasteiger partial charge in [0.05, 0.1) is 12.7 Å². The van der Waals surface area contributed by atoms with Crippen LogP contribution in [0.4, 0.5) is 13.2 Å². The summed E-state index contributed by atoms with van der Waals surface area (Å²) >= 11 is 0. The summed E-state index contributed by atoms with van der Waals surface area (Å²) < 4.78 is 45.2. The number of alkyl halides is 3. The molecule has 0 bridgehead atoms. The minimum atomic E-state index is -4.44. The summed E-state index contributed by atoms with van der Waals surface area (Å²) in [7, 11) is 0. The SMILES string of the molecule is NCCNCC1COC(C(F)(F)F)O1. The Morgan fingerprint density at radius 1 is 1.43 bits per heavy atom. The second-order valence-corrected chi connectivity index (χ2v) is 2.96. The van der Waals surface area contributed by atoms with E-state index in [1.165, 1.54) is 0 Å². The maximum atomic E-state index is 12.0. The number of rotatable bonds is 4. The van der Waals surface area contributed by atoms with E-state index >= 15 is 0 Å². The second kappa shape index (κ2) is 4.92. The van der Waals surface area contributed by atoms with E-state index in [9.17, 15) is 13.2 Å². The molecule has 1 rings (SSSR count). The van der Waals surface area contributed by atoms with Crippen molar-refractivity contribution in [2.75, 3.05) is 26.2 Å². The first-order valence-electron chi connectivity index (χ1n) is 4.28. The molecule has 0 amide bonds. The standard InChI is InChI=1S/C7H13F3N2O2/c8-7(9,10)6-13-4-5(14-6)3-12-2-1-11/h5-6,12H,1-4,11H2. The number of nitrogens with one attached hydrogen (secondary N) is 1. The molecule has 4 nitrogen and oxygen atoms in total. The van der Waals surface area contributed by atoms with E-state index in [-0.39, 0.29) is 6.61 Å². The van der Waals surface area contributed by atoms with Gasteiger partial charge in [-0.2, -0.15) is 13.2 Å². The Morgan fingerprint density at radius 3 is 2.64 bits per heavy atom. The fourth-order valence-electron chi connectivity index (χ4n) is 1.09. The molecule has 1 heterocycles. The Balaban J connectivity index is 2.21. The molecule has 14 heavy (non-hydrogen) atoms. The minimum absolute atomic E-state index is 0.0399. The quantitative estimate of drug-likeness (QED) is 0.638. The summed E-state index contributed by atoms with van der Waals surface area (Å²) in [6.07, 6.45) is -7.07. The molecule has 1 fully saturated rings. The van der Waals surface area contributed by atoms with Crippen molar-refractivity contribution in [2.24, 2.45) is 5.73 Å². The molecule has 0 saturated carbocycles. The number of hydrogen-bond donors (Lipinski definition) is 2. The minimum Gasteiger partial charge on any atom is -0.342 e. The first-order valence-corrected chi connectivity index (χ1v) is 4.28. The molecule has 1 aliphatic heterocycles. The molecule has 3 N–H and O–H groups in total. The summed E-state index contributed by atoms with van der Waals surface area (Å²) in [6.45, 7) is 1.28. The van der Waals surface area contributed by atoms with Crippen molar-refractivity contribution in [3.63, 3.8) is 0 Å². The van der Waals surface area contributed by atoms with E-state index < -0.39 is 18.6 Å². The molecule has 0 aromatic rings. The van der Waals surface area contributed by atoms with Crippen LogP contribution >= 0.6 is 0 Å². The lowest BCUT2D eigenvalue weighted by Crippen LogP contribution is -2.34. The van der Waals surface area contributed by atoms with E-state index in [1.807, 2.05) is 0 Å². The van der Waals surface area contributed by atoms with Crippen molar-refractivity contribution in [3.8, 4) is 0 Å². The normalized spacial score (nSPS) is 28.3. The first kappa shape index (κ1) is 11.7. The lowest BCUT2D eigenvalue weighted by atomic mass is 10.4. The maximum Gasteiger partial charge on any atom is 0.440 e. The Kier molecular flexibility index (Phi) is 4.11. The highest BCUT2D eigenvalue weighted by molar-refractivity contribution is 4.71. The molecular weight excluding hydrogens is 201 g/mol. The van der Waals surface area contributed by atoms with Gasteiger partial charge >= 0.3 is 6.18 Å². The van der Waals surface area contributed by atoms with Crippen molar-refractivity contribution >= 4 is 0 Å². The molecule has 84 valence electrons. The van der Waals surface area contributed by atoms with Gasteiger partial charge in [-0.15, -0.1) is 0 Å². The highest BCUT2D eigenvalue weighted by Crippen LogP contribution is 2.28. The molecule has 2 atom stereocenters. The molecule has 7 heteroatoms. The molecule has 0 aromatic heterocycles. The predicted octanol–water partition coefficient (Wildman–Crippen LogP) is -0.162. The van der Waals surface area contributed by atoms with Gasteiger partial charge in [0.25, 0.3) is 6.29 Å². The van der Waals surface area contributed by atoms with Gasteiger partial charge in [0.2, 0.25) is 0 Å². The van der Waals surface area contributed by atoms with Crippen LogP contribution in [0.2, 0.25) is 0 Å². The van der Waals surface area contributed by atoms with Gasteiger partial charge in [-0.3, -0.25) is 0 Å². The third-order valence-corrected chi connectivity index (χ3v) is 1.71. The largest absolute Gasteiger partial charge is 0.440 e. The number of ether oxygens (including phenoxy) is 2. The van der Waals surface area contributed by atoms with Gasteiger partial charge in [0, 0.05) is 19.6 Å². The van der Waals surface area contributed by atoms with Gasteiger partial charge in [-0.25, -0.2) is 0 Å². The lowest BCUT2D eigenvalue weighted by Gasteiger charge is -2.14. The van der Waals surface area contributed by atoms with Crippen molar-refractivity contribution < 1.29 is 22.6 Å². The molecular formula is C7H13F3N2O2. The fraction of sp³-hybridized carbons (Fsp3) is 1.00. The van der Waals surface area contributed by atoms with Crippen LogP contribution in [0.25, 0.3) is 0 Å². The summed E-state index contributed by atoms with van der Waals surface area (Å²) in [4.78, 5) is 0. The Morgan fingerprint density at radius 2 is 2.14 bits per heavy atom. The summed E-state index contributed by atoms with van der Waals surface area (Å²) in [5.74, 6) is 0. The molecule has 2 unspecified atom stereocenters. The zero-order chi connectivity index (χ0) is 10.6. The van der Waals surface area contributed by atoms with Crippen LogP contribution < -0.4 is 11.1 Å². The third kappa shape index (κ3) is 3.41. The number of nitrogens with two attached hydrogens (primary N) is 1. The van der Waals surface area contributed by atoms with Gasteiger partial charge in [-0.1, -0.05) is 0 Å². The van der Waals surface area contributed by atoms with Crippen LogP contribution in [0.3, 0.4) is 0 Å². The monoisotopic (exact) mass is 214 g/mol. The van der Waals surface area contributed by atoms with Crippen LogP contribution in [-0.2, 0) is 9.47 Å². The van der Waals surface area contributed by atoms with E-state index in [0.717, 1.165) is 0 Å². The summed E-state index contributed by atoms with van der Waals surface area (Å²) in [6, 6.07) is 0. The van der Waals surface area contributed by atoms with E-state index in [4.69, 9.17) is 5.73 Å². The molecule has 0 aliphatic carbocycles. The number of hydrogen-bond acceptors (Lipinski definition) is 4. The number of halogens is 3. The van der Waals surface area contributed by atoms with Gasteiger partial charge in [-0.05, 0) is 0 Å². The van der Waals surface area contributed by atoms with E-state index in [1.54, 1.807) is 0 Å². The molecule has 1 aliphatic rings. The van der Waals surface area contributed by atoms with Crippen molar-refractivity contribution in [1.82, 2.24) is 5.32 Å². The predicted molar refractivity (Wildman–Crippen MR) is 42.6 cm³/mol. The third-order valence-electron chi connectivity index (χ3n) is 1.71. The smallest absolute Gasteiger partial charge is 0.342 e. The van der Waals surface area contributed by atoms with Crippen molar-refractivity contribution in [2.45, 2.75) is 18.6 Å². The topological polar surface area (TPSA) is 56.5 Å². The van der Waals surface area contributed by atoms with Crippen molar-refractivity contribution in [1.29, 1.82) is 0 Å². The average molecular weight is 214 g/mol. The lowest BCUT2D eigenvalue weighted by molar-refractivity contribution is -0.276. The van der Waals surface area contributed by atoms with Crippen LogP contribution in [0.15, 0.2) is 0 Å². The van der Waals surface area contributed by atoms with Crippen molar-refractivity contribution in [3.05, 3.63) is 0 Å². The summed E-state index contributed by atoms with van der Waals surface area (Å²) in [5, 5.41) is 2.85. The van der Waals surface area contributed by atoms with Gasteiger partial charge < -0.3 is 20.5 Å². The molecule has 0 spiro atoms. The highest BCUT2D eigenvalue weighted by atomic mass is 19.4. The Bertz CT molecular complexity index is 177. The van der Waals surface area contributed by atoms with Gasteiger partial charge in [0.15, 0.2) is 0 Å². The molecule has 0 radical (unpaired) electrons. The maximum absolute atomic E-state index is 12.0. The van der Waals surface area contributed by atoms with Crippen LogP contribution in [0.1, 0.15) is 0 Å². The zero-order valence-corrected chi connectivity index (χ0v) is 7.51. The van der Waals surface area contributed by atoms with E-state index in [0.29, 0.717) is 19.6 Å². The van der Waals surface area contributed by atoms with Gasteiger partial charge in [0.1, 0.15) is 0 Å². The summed E-state index contributed by atoms with van der Waals surface area (Å²) in [5.41, 5.74) is 5.20. The molecule has 0 aromatic carbocycles. The first-order chi connectivity index (χ1) is 6.54. The second-order valence-electron chi connectivity index (χ2n) is 2.96. The van der Waals surface area contributed by atoms with E-state index in [2.05, 4.69) is 14.8 Å². The Labute approximate surface area is 79.5 Å². The highest BCUT2D eigenvalue weighted by Gasteiger charge is 2.46.